The monoisotopic (exact) mass is 484 g/mol. The van der Waals surface area contributed by atoms with Crippen LogP contribution in [0.15, 0.2) is 24.3 Å². The molecule has 7 N–H and O–H groups in total. The smallest absolute Gasteiger partial charge is 0.326 e. The fraction of sp³-hybridized carbons (Fsp3) is 0.500. The van der Waals surface area contributed by atoms with Gasteiger partial charge >= 0.3 is 30.0 Å². The summed E-state index contributed by atoms with van der Waals surface area (Å²) in [7, 11) is 0. The van der Waals surface area contributed by atoms with Crippen molar-refractivity contribution in [1.82, 2.24) is 16.0 Å². The molecule has 0 fully saturated rings. The van der Waals surface area contributed by atoms with E-state index in [-0.39, 0.29) is 12.5 Å². The molecule has 1 aromatic rings. The van der Waals surface area contributed by atoms with Crippen LogP contribution in [0, 0.1) is 6.92 Å². The molecule has 0 heterocycles. The van der Waals surface area contributed by atoms with Crippen LogP contribution in [-0.2, 0) is 14.4 Å². The summed E-state index contributed by atoms with van der Waals surface area (Å²) in [6, 6.07) is 5.25. The number of hydrogen-bond acceptors (Lipinski definition) is 5. The Morgan fingerprint density at radius 3 is 1.94 bits per heavy atom. The fourth-order valence-electron chi connectivity index (χ4n) is 2.08. The highest BCUT2D eigenvalue weighted by molar-refractivity contribution is 5.89. The summed E-state index contributed by atoms with van der Waals surface area (Å²) in [5.74, 6) is -3.86. The van der Waals surface area contributed by atoms with E-state index >= 15 is 0 Å². The van der Waals surface area contributed by atoms with Crippen LogP contribution >= 0.6 is 0 Å². The quantitative estimate of drug-likeness (QED) is 0.233. The van der Waals surface area contributed by atoms with Crippen molar-refractivity contribution < 1.29 is 39.3 Å². The zero-order chi connectivity index (χ0) is 26.5. The van der Waals surface area contributed by atoms with Gasteiger partial charge in [-0.2, -0.15) is 0 Å². The Hall–Kier alpha value is -3.83. The van der Waals surface area contributed by atoms with E-state index < -0.39 is 42.9 Å². The normalized spacial score (nSPS) is 10.1. The predicted molar refractivity (Wildman–Crippen MR) is 127 cm³/mol. The Labute approximate surface area is 199 Å². The maximum absolute atomic E-state index is 11.3. The molecule has 0 aromatic heterocycles. The van der Waals surface area contributed by atoms with Gasteiger partial charge in [-0.25, -0.2) is 14.4 Å². The number of benzene rings is 1. The number of aryl methyl sites for hydroxylation is 1. The van der Waals surface area contributed by atoms with Crippen molar-refractivity contribution in [3.8, 4) is 0 Å². The van der Waals surface area contributed by atoms with Crippen LogP contribution in [0.4, 0.5) is 15.3 Å². The summed E-state index contributed by atoms with van der Waals surface area (Å²) in [5.41, 5.74) is 2.02. The number of aliphatic carboxylic acids is 3. The molecule has 1 rings (SSSR count). The summed E-state index contributed by atoms with van der Waals surface area (Å²) in [6.45, 7) is 8.19. The number of carboxylic acid groups (broad SMARTS) is 3. The van der Waals surface area contributed by atoms with Gasteiger partial charge in [-0.15, -0.1) is 0 Å². The van der Waals surface area contributed by atoms with Crippen molar-refractivity contribution in [3.63, 3.8) is 0 Å². The molecular weight excluding hydrogens is 448 g/mol. The number of hydrogen-bond donors (Lipinski definition) is 7. The van der Waals surface area contributed by atoms with Gasteiger partial charge in [0.05, 0.1) is 0 Å². The minimum atomic E-state index is -1.39. The van der Waals surface area contributed by atoms with E-state index in [0.717, 1.165) is 25.1 Å². The lowest BCUT2D eigenvalue weighted by molar-refractivity contribution is -0.140. The zero-order valence-electron chi connectivity index (χ0n) is 20.0. The first-order valence-corrected chi connectivity index (χ1v) is 10.9. The zero-order valence-corrected chi connectivity index (χ0v) is 20.0. The van der Waals surface area contributed by atoms with E-state index in [1.165, 1.54) is 5.56 Å². The Kier molecular flexibility index (Phi) is 18.9. The van der Waals surface area contributed by atoms with Gasteiger partial charge < -0.3 is 36.6 Å². The molecule has 0 spiro atoms. The first-order valence-electron chi connectivity index (χ1n) is 10.9. The van der Waals surface area contributed by atoms with Crippen LogP contribution in [0.25, 0.3) is 0 Å². The van der Waals surface area contributed by atoms with Crippen LogP contribution in [-0.4, -0.2) is 64.4 Å². The molecule has 12 heteroatoms. The lowest BCUT2D eigenvalue weighted by Gasteiger charge is -2.13. The van der Waals surface area contributed by atoms with Gasteiger partial charge in [-0.1, -0.05) is 44.9 Å². The van der Waals surface area contributed by atoms with Gasteiger partial charge in [0, 0.05) is 18.7 Å². The van der Waals surface area contributed by atoms with E-state index in [0.29, 0.717) is 0 Å². The highest BCUT2D eigenvalue weighted by Crippen LogP contribution is 2.07. The molecule has 1 unspecified atom stereocenters. The van der Waals surface area contributed by atoms with E-state index in [2.05, 4.69) is 17.6 Å². The van der Waals surface area contributed by atoms with Gasteiger partial charge in [0.1, 0.15) is 12.6 Å². The molecule has 0 saturated carbocycles. The second kappa shape index (κ2) is 19.8. The van der Waals surface area contributed by atoms with Crippen molar-refractivity contribution >= 4 is 35.7 Å². The van der Waals surface area contributed by atoms with Crippen molar-refractivity contribution in [2.75, 3.05) is 18.4 Å². The average molecular weight is 485 g/mol. The lowest BCUT2D eigenvalue weighted by atomic mass is 10.1. The molecule has 34 heavy (non-hydrogen) atoms. The first kappa shape index (κ1) is 32.4. The SMILES string of the molecule is CC.CCCCNC(=O)Nc1ccc(C)cc1.O=C(O)CCC(NC(=O)NCC(=O)O)C(=O)O. The Bertz CT molecular complexity index is 769. The van der Waals surface area contributed by atoms with E-state index in [4.69, 9.17) is 15.3 Å². The number of carbonyl (C=O) groups is 5. The van der Waals surface area contributed by atoms with Crippen LogP contribution in [0.2, 0.25) is 0 Å². The van der Waals surface area contributed by atoms with E-state index in [1.54, 1.807) is 0 Å². The number of unbranched alkanes of at least 4 members (excludes halogenated alkanes) is 1. The largest absolute Gasteiger partial charge is 0.481 e. The number of carboxylic acids is 3. The third kappa shape index (κ3) is 18.9. The van der Waals surface area contributed by atoms with Crippen LogP contribution in [0.5, 0.6) is 0 Å². The lowest BCUT2D eigenvalue weighted by Crippen LogP contribution is -2.47. The molecule has 192 valence electrons. The first-order chi connectivity index (χ1) is 16.0. The van der Waals surface area contributed by atoms with Gasteiger partial charge in [0.2, 0.25) is 0 Å². The third-order valence-corrected chi connectivity index (χ3v) is 3.78. The Morgan fingerprint density at radius 2 is 1.47 bits per heavy atom. The standard InChI is InChI=1S/C12H18N2O.C8H12N2O7.C2H6/c1-3-4-9-13-12(15)14-11-7-5-10(2)6-8-11;11-5(12)2-1-4(7(15)16)10-8(17)9-3-6(13)14;1-2/h5-8H,3-4,9H2,1-2H3,(H2,13,14,15);4H,1-3H2,(H,11,12)(H,13,14)(H,15,16)(H2,9,10,17);1-2H3. The average Bonchev–Trinajstić information content (AvgIpc) is 2.78. The molecule has 0 saturated heterocycles. The maximum atomic E-state index is 11.3. The predicted octanol–water partition coefficient (Wildman–Crippen LogP) is 2.63. The molecule has 0 aliphatic rings. The minimum absolute atomic E-state index is 0.132. The molecule has 0 aliphatic heterocycles. The fourth-order valence-corrected chi connectivity index (χ4v) is 2.08. The molecule has 1 atom stereocenters. The van der Waals surface area contributed by atoms with Crippen LogP contribution < -0.4 is 21.3 Å². The Morgan fingerprint density at radius 1 is 0.882 bits per heavy atom. The second-order valence-electron chi connectivity index (χ2n) is 6.64. The van der Waals surface area contributed by atoms with E-state index in [1.807, 2.05) is 55.7 Å². The third-order valence-electron chi connectivity index (χ3n) is 3.78. The molecule has 0 radical (unpaired) electrons. The Balaban J connectivity index is 0. The number of urea groups is 2. The number of anilines is 1. The summed E-state index contributed by atoms with van der Waals surface area (Å²) in [6.07, 6.45) is 1.40. The summed E-state index contributed by atoms with van der Waals surface area (Å²) in [4.78, 5) is 53.3. The molecule has 1 aromatic carbocycles. The summed E-state index contributed by atoms with van der Waals surface area (Å²) < 4.78 is 0. The number of rotatable bonds is 11. The summed E-state index contributed by atoms with van der Waals surface area (Å²) >= 11 is 0. The van der Waals surface area contributed by atoms with E-state index in [9.17, 15) is 24.0 Å². The molecular formula is C22H36N4O8. The highest BCUT2D eigenvalue weighted by atomic mass is 16.4. The van der Waals surface area contributed by atoms with Gasteiger partial charge in [-0.3, -0.25) is 9.59 Å². The maximum Gasteiger partial charge on any atom is 0.326 e. The number of amides is 4. The van der Waals surface area contributed by atoms with Crippen molar-refractivity contribution in [2.45, 2.75) is 59.4 Å². The van der Waals surface area contributed by atoms with Gasteiger partial charge in [0.15, 0.2) is 0 Å². The highest BCUT2D eigenvalue weighted by Gasteiger charge is 2.20. The van der Waals surface area contributed by atoms with Crippen molar-refractivity contribution in [3.05, 3.63) is 29.8 Å². The molecule has 0 bridgehead atoms. The van der Waals surface area contributed by atoms with Crippen molar-refractivity contribution in [2.24, 2.45) is 0 Å². The van der Waals surface area contributed by atoms with Crippen molar-refractivity contribution in [1.29, 1.82) is 0 Å². The second-order valence-corrected chi connectivity index (χ2v) is 6.64. The van der Waals surface area contributed by atoms with Crippen LogP contribution in [0.3, 0.4) is 0 Å². The summed E-state index contributed by atoms with van der Waals surface area (Å²) in [5, 5.41) is 34.7. The van der Waals surface area contributed by atoms with Crippen LogP contribution in [0.1, 0.15) is 52.0 Å². The molecule has 4 amide bonds. The molecule has 0 aliphatic carbocycles. The van der Waals surface area contributed by atoms with Gasteiger partial charge in [0.25, 0.3) is 0 Å². The topological polar surface area (TPSA) is 194 Å². The number of nitrogens with one attached hydrogen (secondary N) is 4. The minimum Gasteiger partial charge on any atom is -0.481 e. The molecule has 12 nitrogen and oxygen atoms in total. The number of carbonyl (C=O) groups excluding carboxylic acids is 2. The van der Waals surface area contributed by atoms with Gasteiger partial charge in [-0.05, 0) is 31.9 Å².